The van der Waals surface area contributed by atoms with E-state index in [1.165, 1.54) is 11.1 Å². The second kappa shape index (κ2) is 11.1. The summed E-state index contributed by atoms with van der Waals surface area (Å²) in [4.78, 5) is 42.5. The van der Waals surface area contributed by atoms with Crippen LogP contribution < -0.4 is 11.1 Å². The van der Waals surface area contributed by atoms with Gasteiger partial charge in [0.2, 0.25) is 5.91 Å². The number of carbonyl (C=O) groups excluding carboxylic acids is 2. The number of aryl methyl sites for hydroxylation is 1. The first kappa shape index (κ1) is 26.1. The fourth-order valence-electron chi connectivity index (χ4n) is 4.93. The number of pyridine rings is 1. The van der Waals surface area contributed by atoms with Gasteiger partial charge in [0, 0.05) is 55.6 Å². The predicted octanol–water partition coefficient (Wildman–Crippen LogP) is 3.71. The smallest absolute Gasteiger partial charge is 0.254 e. The van der Waals surface area contributed by atoms with Crippen molar-refractivity contribution in [3.8, 4) is 0 Å². The Bertz CT molecular complexity index is 1510. The van der Waals surface area contributed by atoms with Gasteiger partial charge in [-0.25, -0.2) is 15.0 Å². The molecule has 1 atom stereocenters. The predicted molar refractivity (Wildman–Crippen MR) is 151 cm³/mol. The Morgan fingerprint density at radius 2 is 1.95 bits per heavy atom. The van der Waals surface area contributed by atoms with Gasteiger partial charge in [0.15, 0.2) is 0 Å². The third-order valence-electron chi connectivity index (χ3n) is 7.38. The summed E-state index contributed by atoms with van der Waals surface area (Å²) in [5.41, 5.74) is 11.6. The topological polar surface area (TPSA) is 117 Å². The number of nitrogens with zero attached hydrogens (tertiary/aromatic N) is 5. The van der Waals surface area contributed by atoms with E-state index in [2.05, 4.69) is 32.4 Å². The number of amides is 2. The lowest BCUT2D eigenvalue weighted by atomic mass is 9.97. The summed E-state index contributed by atoms with van der Waals surface area (Å²) in [5.74, 6) is 1.04. The van der Waals surface area contributed by atoms with Gasteiger partial charge in [0.25, 0.3) is 5.91 Å². The number of anilines is 1. The number of nitrogens with two attached hydrogens (primary N) is 1. The normalized spacial score (nSPS) is 16.1. The quantitative estimate of drug-likeness (QED) is 0.506. The Hall–Kier alpha value is -4.53. The van der Waals surface area contributed by atoms with E-state index < -0.39 is 0 Å². The average Bonchev–Trinajstić information content (AvgIpc) is 2.96. The van der Waals surface area contributed by atoms with Crippen LogP contribution in [0.1, 0.15) is 48.1 Å². The van der Waals surface area contributed by atoms with Crippen LogP contribution in [0.2, 0.25) is 0 Å². The average molecular weight is 524 g/mol. The second-order valence-electron chi connectivity index (χ2n) is 10.00. The number of hydrogen-bond acceptors (Lipinski definition) is 7. The van der Waals surface area contributed by atoms with Crippen molar-refractivity contribution in [2.45, 2.75) is 33.2 Å². The highest BCUT2D eigenvalue weighted by Gasteiger charge is 2.27. The van der Waals surface area contributed by atoms with E-state index in [0.29, 0.717) is 36.8 Å². The monoisotopic (exact) mass is 523 g/mol. The summed E-state index contributed by atoms with van der Waals surface area (Å²) < 4.78 is 0. The highest BCUT2D eigenvalue weighted by atomic mass is 16.2. The lowest BCUT2D eigenvalue weighted by Gasteiger charge is -2.31. The van der Waals surface area contributed by atoms with Crippen LogP contribution in [0.25, 0.3) is 10.9 Å². The maximum atomic E-state index is 13.9. The van der Waals surface area contributed by atoms with E-state index in [-0.39, 0.29) is 17.9 Å². The zero-order valence-electron chi connectivity index (χ0n) is 22.5. The molecule has 0 saturated heterocycles. The zero-order chi connectivity index (χ0) is 27.5. The molecule has 0 fully saturated rings. The van der Waals surface area contributed by atoms with E-state index in [1.807, 2.05) is 43.0 Å². The molecule has 3 aromatic rings. The highest BCUT2D eigenvalue weighted by Crippen LogP contribution is 2.26. The number of dihydropyridines is 1. The summed E-state index contributed by atoms with van der Waals surface area (Å²) in [7, 11) is 0. The first-order chi connectivity index (χ1) is 18.8. The van der Waals surface area contributed by atoms with Crippen LogP contribution in [0.15, 0.2) is 77.8 Å². The molecule has 1 unspecified atom stereocenters. The van der Waals surface area contributed by atoms with Crippen molar-refractivity contribution in [1.29, 1.82) is 0 Å². The maximum Gasteiger partial charge on any atom is 0.254 e. The Balaban J connectivity index is 1.41. The molecular weight excluding hydrogens is 490 g/mol. The molecule has 3 N–H and O–H groups in total. The van der Waals surface area contributed by atoms with Crippen LogP contribution in [0.3, 0.4) is 0 Å². The fraction of sp³-hybridized carbons (Fsp3) is 0.300. The molecule has 5 rings (SSSR count). The number of aromatic nitrogens is 3. The van der Waals surface area contributed by atoms with Crippen LogP contribution in [0.5, 0.6) is 0 Å². The summed E-state index contributed by atoms with van der Waals surface area (Å²) in [6.45, 7) is 7.87. The minimum atomic E-state index is -0.354. The number of fused-ring (bicyclic) bond motifs is 1. The largest absolute Gasteiger partial charge is 0.383 e. The van der Waals surface area contributed by atoms with Crippen molar-refractivity contribution >= 4 is 28.5 Å². The van der Waals surface area contributed by atoms with E-state index in [0.717, 1.165) is 35.1 Å². The van der Waals surface area contributed by atoms with Gasteiger partial charge in [-0.05, 0) is 73.4 Å². The standard InChI is InChI=1S/C30H33N7O2/c1-19-15-25-16-23(6-8-27(25)35-28(19)31)30(39)37(20(2)29-32-11-4-12-33-29)18-26-7-5-24(17-34-26)22-9-13-36(14-10-22)21(3)38/h4-9,11-12,15-16,20,34H,10,13-14,17-18H2,1-3H3,(H2,31,35). The molecule has 4 heterocycles. The first-order valence-corrected chi connectivity index (χ1v) is 13.1. The molecular formula is C30H33N7O2. The molecule has 9 heteroatoms. The zero-order valence-corrected chi connectivity index (χ0v) is 22.5. The number of benzene rings is 1. The summed E-state index contributed by atoms with van der Waals surface area (Å²) >= 11 is 0. The first-order valence-electron chi connectivity index (χ1n) is 13.1. The van der Waals surface area contributed by atoms with Crippen LogP contribution >= 0.6 is 0 Å². The van der Waals surface area contributed by atoms with Crippen molar-refractivity contribution in [3.63, 3.8) is 0 Å². The molecule has 2 aliphatic heterocycles. The van der Waals surface area contributed by atoms with Crippen molar-refractivity contribution in [2.24, 2.45) is 0 Å². The van der Waals surface area contributed by atoms with Gasteiger partial charge >= 0.3 is 0 Å². The van der Waals surface area contributed by atoms with E-state index in [4.69, 9.17) is 5.73 Å². The third kappa shape index (κ3) is 5.67. The van der Waals surface area contributed by atoms with Gasteiger partial charge in [-0.2, -0.15) is 0 Å². The molecule has 1 aromatic carbocycles. The Kier molecular flexibility index (Phi) is 7.40. The molecule has 0 radical (unpaired) electrons. The summed E-state index contributed by atoms with van der Waals surface area (Å²) in [5, 5.41) is 4.36. The second-order valence-corrected chi connectivity index (χ2v) is 10.00. The van der Waals surface area contributed by atoms with E-state index in [1.54, 1.807) is 36.4 Å². The van der Waals surface area contributed by atoms with Crippen molar-refractivity contribution in [1.82, 2.24) is 30.1 Å². The van der Waals surface area contributed by atoms with Gasteiger partial charge in [-0.3, -0.25) is 9.59 Å². The van der Waals surface area contributed by atoms with Crippen molar-refractivity contribution < 1.29 is 9.59 Å². The molecule has 9 nitrogen and oxygen atoms in total. The van der Waals surface area contributed by atoms with Gasteiger partial charge < -0.3 is 20.9 Å². The number of allylic oxidation sites excluding steroid dienone is 2. The van der Waals surface area contributed by atoms with Crippen molar-refractivity contribution in [2.75, 3.05) is 31.9 Å². The number of hydrogen-bond donors (Lipinski definition) is 2. The van der Waals surface area contributed by atoms with Gasteiger partial charge in [-0.15, -0.1) is 0 Å². The maximum absolute atomic E-state index is 13.9. The van der Waals surface area contributed by atoms with Gasteiger partial charge in [-0.1, -0.05) is 12.2 Å². The molecule has 0 aliphatic carbocycles. The Morgan fingerprint density at radius 1 is 1.15 bits per heavy atom. The molecule has 39 heavy (non-hydrogen) atoms. The van der Waals surface area contributed by atoms with Crippen LogP contribution in [-0.2, 0) is 4.79 Å². The number of carbonyl (C=O) groups is 2. The van der Waals surface area contributed by atoms with Crippen LogP contribution in [0, 0.1) is 6.92 Å². The minimum absolute atomic E-state index is 0.103. The lowest BCUT2D eigenvalue weighted by Crippen LogP contribution is -2.39. The van der Waals surface area contributed by atoms with Crippen LogP contribution in [-0.4, -0.2) is 62.7 Å². The lowest BCUT2D eigenvalue weighted by molar-refractivity contribution is -0.128. The van der Waals surface area contributed by atoms with Gasteiger partial charge in [0.05, 0.1) is 18.1 Å². The van der Waals surface area contributed by atoms with Crippen molar-refractivity contribution in [3.05, 3.63) is 94.7 Å². The third-order valence-corrected chi connectivity index (χ3v) is 7.38. The summed E-state index contributed by atoms with van der Waals surface area (Å²) in [6.07, 6.45) is 10.5. The molecule has 0 bridgehead atoms. The van der Waals surface area contributed by atoms with E-state index in [9.17, 15) is 9.59 Å². The van der Waals surface area contributed by atoms with Gasteiger partial charge in [0.1, 0.15) is 11.6 Å². The summed E-state index contributed by atoms with van der Waals surface area (Å²) in [6, 6.07) is 8.85. The van der Waals surface area contributed by atoms with Crippen LogP contribution in [0.4, 0.5) is 5.82 Å². The fourth-order valence-corrected chi connectivity index (χ4v) is 4.93. The SMILES string of the molecule is CC(=O)N1CC=C(C2=CC=C(CN(C(=O)c3ccc4nc(N)c(C)cc4c3)C(C)c3ncccn3)NC2)CC1. The number of nitrogen functional groups attached to an aromatic ring is 1. The van der Waals surface area contributed by atoms with E-state index >= 15 is 0 Å². The molecule has 2 amide bonds. The molecule has 0 saturated carbocycles. The Labute approximate surface area is 228 Å². The Morgan fingerprint density at radius 3 is 2.62 bits per heavy atom. The molecule has 0 spiro atoms. The molecule has 200 valence electrons. The number of rotatable bonds is 6. The number of nitrogens with one attached hydrogen (secondary N) is 1. The molecule has 2 aromatic heterocycles. The minimum Gasteiger partial charge on any atom is -0.383 e. The molecule has 2 aliphatic rings. The highest BCUT2D eigenvalue weighted by molar-refractivity contribution is 5.98.